The maximum absolute atomic E-state index is 13.7. The zero-order chi connectivity index (χ0) is 30.1. The Balaban J connectivity index is 1.28. The van der Waals surface area contributed by atoms with Crippen molar-refractivity contribution in [3.8, 4) is 28.7 Å². The Morgan fingerprint density at radius 2 is 1.72 bits per heavy atom. The minimum Gasteiger partial charge on any atom is -0.493 e. The highest BCUT2D eigenvalue weighted by molar-refractivity contribution is 6.06. The van der Waals surface area contributed by atoms with Crippen LogP contribution >= 0.6 is 0 Å². The van der Waals surface area contributed by atoms with Crippen LogP contribution in [-0.2, 0) is 6.42 Å². The maximum atomic E-state index is 13.7. The minimum atomic E-state index is -0.657. The lowest BCUT2D eigenvalue weighted by Gasteiger charge is -2.22. The standard InChI is InChI=1S/C33H28N4O6/c1-19-6-4-7-20(14-19)37-26-8-5-9-27(38)23(26)15-24(33(37)40)32(39)36-31-11-10-21(18-35-31)43-28-12-13-34-25-17-30(42-3)29(41-2)16-22(25)28/h4,6-7,10-18H,5,8-9H2,1-3H3,(H,35,36,39). The topological polar surface area (TPSA) is 122 Å². The number of nitrogens with one attached hydrogen (secondary N) is 1. The van der Waals surface area contributed by atoms with Gasteiger partial charge in [0.2, 0.25) is 0 Å². The van der Waals surface area contributed by atoms with Crippen LogP contribution in [0.25, 0.3) is 16.6 Å². The monoisotopic (exact) mass is 576 g/mol. The second kappa shape index (κ2) is 11.4. The van der Waals surface area contributed by atoms with Crippen LogP contribution in [0.5, 0.6) is 23.0 Å². The molecule has 10 heteroatoms. The molecule has 0 spiro atoms. The average molecular weight is 577 g/mol. The third-order valence-corrected chi connectivity index (χ3v) is 7.34. The lowest BCUT2D eigenvalue weighted by Crippen LogP contribution is -2.33. The van der Waals surface area contributed by atoms with Gasteiger partial charge in [-0.3, -0.25) is 23.9 Å². The number of benzene rings is 2. The lowest BCUT2D eigenvalue weighted by molar-refractivity contribution is 0.0971. The van der Waals surface area contributed by atoms with E-state index in [0.717, 1.165) is 5.56 Å². The van der Waals surface area contributed by atoms with Gasteiger partial charge in [0.1, 0.15) is 22.9 Å². The first kappa shape index (κ1) is 27.6. The molecule has 0 atom stereocenters. The highest BCUT2D eigenvalue weighted by Gasteiger charge is 2.26. The highest BCUT2D eigenvalue weighted by atomic mass is 16.5. The molecule has 0 unspecified atom stereocenters. The molecular formula is C33H28N4O6. The summed E-state index contributed by atoms with van der Waals surface area (Å²) in [6.45, 7) is 1.92. The molecular weight excluding hydrogens is 548 g/mol. The van der Waals surface area contributed by atoms with Crippen LogP contribution in [0.3, 0.4) is 0 Å². The Morgan fingerprint density at radius 3 is 2.47 bits per heavy atom. The molecule has 10 nitrogen and oxygen atoms in total. The van der Waals surface area contributed by atoms with Crippen molar-refractivity contribution >= 4 is 28.4 Å². The summed E-state index contributed by atoms with van der Waals surface area (Å²) in [7, 11) is 3.11. The third kappa shape index (κ3) is 5.30. The molecule has 216 valence electrons. The zero-order valence-corrected chi connectivity index (χ0v) is 23.8. The van der Waals surface area contributed by atoms with Gasteiger partial charge in [-0.2, -0.15) is 0 Å². The summed E-state index contributed by atoms with van der Waals surface area (Å²) < 4.78 is 18.3. The number of aromatic nitrogens is 3. The quantitative estimate of drug-likeness (QED) is 0.263. The fourth-order valence-corrected chi connectivity index (χ4v) is 5.26. The van der Waals surface area contributed by atoms with E-state index >= 15 is 0 Å². The molecule has 3 aromatic heterocycles. The van der Waals surface area contributed by atoms with Gasteiger partial charge in [0, 0.05) is 41.0 Å². The van der Waals surface area contributed by atoms with Crippen molar-refractivity contribution in [2.24, 2.45) is 0 Å². The van der Waals surface area contributed by atoms with Gasteiger partial charge in [-0.15, -0.1) is 0 Å². The van der Waals surface area contributed by atoms with E-state index in [1.54, 1.807) is 56.8 Å². The number of nitrogens with zero attached hydrogens (tertiary/aromatic N) is 3. The number of pyridine rings is 3. The number of methoxy groups -OCH3 is 2. The zero-order valence-electron chi connectivity index (χ0n) is 23.8. The van der Waals surface area contributed by atoms with Crippen LogP contribution in [0.1, 0.15) is 44.8 Å². The largest absolute Gasteiger partial charge is 0.493 e. The number of carbonyl (C=O) groups excluding carboxylic acids is 2. The number of amides is 1. The van der Waals surface area contributed by atoms with Crippen molar-refractivity contribution in [1.29, 1.82) is 0 Å². The Morgan fingerprint density at radius 1 is 0.907 bits per heavy atom. The highest BCUT2D eigenvalue weighted by Crippen LogP contribution is 2.37. The van der Waals surface area contributed by atoms with Crippen molar-refractivity contribution in [2.45, 2.75) is 26.2 Å². The number of aryl methyl sites for hydroxylation is 1. The molecule has 0 bridgehead atoms. The van der Waals surface area contributed by atoms with Gasteiger partial charge in [0.05, 0.1) is 25.9 Å². The van der Waals surface area contributed by atoms with Crippen LogP contribution in [0.15, 0.2) is 77.9 Å². The van der Waals surface area contributed by atoms with Gasteiger partial charge in [-0.1, -0.05) is 12.1 Å². The number of Topliss-reactive ketones (excluding diaryl/α,β-unsaturated/α-hetero) is 1. The van der Waals surface area contributed by atoms with E-state index in [9.17, 15) is 14.4 Å². The number of ketones is 1. The SMILES string of the molecule is COc1cc2nccc(Oc3ccc(NC(=O)c4cc5c(n(-c6cccc(C)c6)c4=O)CCCC5=O)nc3)c2cc1OC. The van der Waals surface area contributed by atoms with Gasteiger partial charge < -0.3 is 19.5 Å². The van der Waals surface area contributed by atoms with Gasteiger partial charge in [0.25, 0.3) is 11.5 Å². The summed E-state index contributed by atoms with van der Waals surface area (Å²) >= 11 is 0. The number of hydrogen-bond donors (Lipinski definition) is 1. The smallest absolute Gasteiger partial charge is 0.268 e. The second-order valence-corrected chi connectivity index (χ2v) is 10.1. The summed E-state index contributed by atoms with van der Waals surface area (Å²) in [4.78, 5) is 48.6. The predicted octanol–water partition coefficient (Wildman–Crippen LogP) is 5.67. The fourth-order valence-electron chi connectivity index (χ4n) is 5.26. The Labute approximate surface area is 246 Å². The van der Waals surface area contributed by atoms with E-state index in [2.05, 4.69) is 15.3 Å². The third-order valence-electron chi connectivity index (χ3n) is 7.34. The molecule has 5 aromatic rings. The molecule has 1 aliphatic rings. The average Bonchev–Trinajstić information content (AvgIpc) is 3.01. The van der Waals surface area contributed by atoms with Gasteiger partial charge in [-0.05, 0) is 67.8 Å². The molecule has 0 fully saturated rings. The summed E-state index contributed by atoms with van der Waals surface area (Å²) in [6, 6.07) is 17.3. The minimum absolute atomic E-state index is 0.0870. The first-order valence-electron chi connectivity index (χ1n) is 13.7. The van der Waals surface area contributed by atoms with Gasteiger partial charge in [0.15, 0.2) is 17.3 Å². The van der Waals surface area contributed by atoms with Crippen LogP contribution in [-0.4, -0.2) is 40.4 Å². The molecule has 6 rings (SSSR count). The maximum Gasteiger partial charge on any atom is 0.268 e. The molecule has 2 aromatic carbocycles. The Bertz CT molecular complexity index is 1950. The number of ether oxygens (including phenoxy) is 3. The molecule has 0 radical (unpaired) electrons. The van der Waals surface area contributed by atoms with Crippen LogP contribution in [0.4, 0.5) is 5.82 Å². The van der Waals surface area contributed by atoms with E-state index < -0.39 is 11.5 Å². The molecule has 0 aliphatic heterocycles. The van der Waals surface area contributed by atoms with E-state index in [0.29, 0.717) is 70.1 Å². The molecule has 1 amide bonds. The van der Waals surface area contributed by atoms with E-state index in [1.807, 2.05) is 25.1 Å². The van der Waals surface area contributed by atoms with Gasteiger partial charge >= 0.3 is 0 Å². The lowest BCUT2D eigenvalue weighted by atomic mass is 9.92. The number of fused-ring (bicyclic) bond motifs is 2. The Hall–Kier alpha value is -5.51. The Kier molecular flexibility index (Phi) is 7.33. The number of carbonyl (C=O) groups is 2. The molecule has 0 saturated carbocycles. The molecule has 43 heavy (non-hydrogen) atoms. The van der Waals surface area contributed by atoms with Crippen molar-refractivity contribution in [1.82, 2.24) is 14.5 Å². The summed E-state index contributed by atoms with van der Waals surface area (Å²) in [5, 5.41) is 3.40. The van der Waals surface area contributed by atoms with Crippen LogP contribution in [0, 0.1) is 6.92 Å². The summed E-state index contributed by atoms with van der Waals surface area (Å²) in [5.74, 6) is 1.51. The van der Waals surface area contributed by atoms with Gasteiger partial charge in [-0.25, -0.2) is 4.98 Å². The normalized spacial score (nSPS) is 12.5. The van der Waals surface area contributed by atoms with Crippen molar-refractivity contribution in [3.63, 3.8) is 0 Å². The number of anilines is 1. The molecule has 3 heterocycles. The molecule has 0 saturated heterocycles. The summed E-state index contributed by atoms with van der Waals surface area (Å²) in [6.07, 6.45) is 4.68. The molecule has 1 aliphatic carbocycles. The second-order valence-electron chi connectivity index (χ2n) is 10.1. The van der Waals surface area contributed by atoms with E-state index in [-0.39, 0.29) is 17.2 Å². The first-order chi connectivity index (χ1) is 20.9. The van der Waals surface area contributed by atoms with Crippen molar-refractivity contribution in [3.05, 3.63) is 106 Å². The van der Waals surface area contributed by atoms with Crippen LogP contribution < -0.4 is 25.1 Å². The van der Waals surface area contributed by atoms with Crippen molar-refractivity contribution in [2.75, 3.05) is 19.5 Å². The van der Waals surface area contributed by atoms with Crippen molar-refractivity contribution < 1.29 is 23.8 Å². The number of hydrogen-bond acceptors (Lipinski definition) is 8. The fraction of sp³-hybridized carbons (Fsp3) is 0.182. The van der Waals surface area contributed by atoms with E-state index in [4.69, 9.17) is 14.2 Å². The molecule has 1 N–H and O–H groups in total. The number of rotatable bonds is 7. The van der Waals surface area contributed by atoms with E-state index in [1.165, 1.54) is 16.8 Å². The first-order valence-corrected chi connectivity index (χ1v) is 13.7. The predicted molar refractivity (Wildman–Crippen MR) is 161 cm³/mol. The van der Waals surface area contributed by atoms with Crippen LogP contribution in [0.2, 0.25) is 0 Å². The summed E-state index contributed by atoms with van der Waals surface area (Å²) in [5.41, 5.74) is 2.63.